The smallest absolute Gasteiger partial charge is 0.254 e. The summed E-state index contributed by atoms with van der Waals surface area (Å²) in [5.41, 5.74) is 6.78. The standard InChI is InChI=1S/C12H14N8O/c1-14-10-3-9(17-7-4-15-19(2)6-7)18-12-8(11(13)21)5-16-20(10)12/h3-6,14H,1-2H3,(H2,13,21)(H,17,18). The fourth-order valence-electron chi connectivity index (χ4n) is 2.01. The molecule has 3 heterocycles. The highest BCUT2D eigenvalue weighted by Crippen LogP contribution is 2.21. The Labute approximate surface area is 119 Å². The maximum absolute atomic E-state index is 11.4. The number of carbonyl (C=O) groups is 1. The number of anilines is 3. The first-order valence-electron chi connectivity index (χ1n) is 6.20. The van der Waals surface area contributed by atoms with Crippen molar-refractivity contribution in [3.05, 3.63) is 30.2 Å². The van der Waals surface area contributed by atoms with Gasteiger partial charge in [-0.1, -0.05) is 0 Å². The van der Waals surface area contributed by atoms with E-state index in [4.69, 9.17) is 5.73 Å². The van der Waals surface area contributed by atoms with Gasteiger partial charge in [0.2, 0.25) is 0 Å². The van der Waals surface area contributed by atoms with Crippen LogP contribution in [0.4, 0.5) is 17.3 Å². The first-order chi connectivity index (χ1) is 10.1. The van der Waals surface area contributed by atoms with Crippen LogP contribution in [0.5, 0.6) is 0 Å². The molecule has 0 atom stereocenters. The molecule has 9 heteroatoms. The lowest BCUT2D eigenvalue weighted by Crippen LogP contribution is -2.11. The van der Waals surface area contributed by atoms with Crippen molar-refractivity contribution in [3.63, 3.8) is 0 Å². The lowest BCUT2D eigenvalue weighted by Gasteiger charge is -2.08. The number of amides is 1. The predicted molar refractivity (Wildman–Crippen MR) is 77.5 cm³/mol. The zero-order chi connectivity index (χ0) is 15.0. The maximum atomic E-state index is 11.4. The van der Waals surface area contributed by atoms with Crippen molar-refractivity contribution in [3.8, 4) is 0 Å². The molecule has 3 aromatic heterocycles. The molecule has 0 bridgehead atoms. The third-order valence-corrected chi connectivity index (χ3v) is 2.97. The van der Waals surface area contributed by atoms with E-state index in [1.54, 1.807) is 24.0 Å². The second-order valence-electron chi connectivity index (χ2n) is 4.46. The molecule has 3 aromatic rings. The van der Waals surface area contributed by atoms with E-state index in [-0.39, 0.29) is 5.56 Å². The molecule has 9 nitrogen and oxygen atoms in total. The van der Waals surface area contributed by atoms with Gasteiger partial charge in [0.15, 0.2) is 5.65 Å². The molecular weight excluding hydrogens is 272 g/mol. The van der Waals surface area contributed by atoms with Gasteiger partial charge in [0, 0.05) is 26.4 Å². The Balaban J connectivity index is 2.10. The van der Waals surface area contributed by atoms with E-state index in [9.17, 15) is 4.79 Å². The van der Waals surface area contributed by atoms with Crippen LogP contribution in [-0.2, 0) is 7.05 Å². The van der Waals surface area contributed by atoms with Crippen molar-refractivity contribution >= 4 is 28.9 Å². The number of nitrogens with one attached hydrogen (secondary N) is 2. The summed E-state index contributed by atoms with van der Waals surface area (Å²) in [6.45, 7) is 0. The van der Waals surface area contributed by atoms with Crippen LogP contribution in [0.15, 0.2) is 24.7 Å². The van der Waals surface area contributed by atoms with Gasteiger partial charge in [-0.25, -0.2) is 4.98 Å². The van der Waals surface area contributed by atoms with Gasteiger partial charge < -0.3 is 16.4 Å². The van der Waals surface area contributed by atoms with Gasteiger partial charge in [0.1, 0.15) is 17.2 Å². The quantitative estimate of drug-likeness (QED) is 0.637. The normalized spacial score (nSPS) is 10.8. The van der Waals surface area contributed by atoms with Gasteiger partial charge >= 0.3 is 0 Å². The minimum absolute atomic E-state index is 0.265. The van der Waals surface area contributed by atoms with E-state index in [0.717, 1.165) is 5.69 Å². The van der Waals surface area contributed by atoms with Crippen molar-refractivity contribution in [1.82, 2.24) is 24.4 Å². The highest BCUT2D eigenvalue weighted by molar-refractivity contribution is 5.98. The number of primary amides is 1. The molecule has 0 radical (unpaired) electrons. The van der Waals surface area contributed by atoms with Gasteiger partial charge in [-0.3, -0.25) is 9.48 Å². The van der Waals surface area contributed by atoms with E-state index in [1.807, 2.05) is 13.2 Å². The summed E-state index contributed by atoms with van der Waals surface area (Å²) in [6.07, 6.45) is 4.89. The van der Waals surface area contributed by atoms with E-state index >= 15 is 0 Å². The molecule has 0 spiro atoms. The molecule has 3 rings (SSSR count). The third kappa shape index (κ3) is 2.24. The zero-order valence-corrected chi connectivity index (χ0v) is 11.5. The molecule has 4 N–H and O–H groups in total. The second-order valence-corrected chi connectivity index (χ2v) is 4.46. The number of hydrogen-bond acceptors (Lipinski definition) is 6. The van der Waals surface area contributed by atoms with E-state index in [2.05, 4.69) is 25.8 Å². The van der Waals surface area contributed by atoms with Crippen LogP contribution in [0.1, 0.15) is 10.4 Å². The number of fused-ring (bicyclic) bond motifs is 1. The number of nitrogens with zero attached hydrogens (tertiary/aromatic N) is 5. The van der Waals surface area contributed by atoms with Crippen LogP contribution >= 0.6 is 0 Å². The van der Waals surface area contributed by atoms with Crippen LogP contribution in [0.3, 0.4) is 0 Å². The van der Waals surface area contributed by atoms with Crippen molar-refractivity contribution in [1.29, 1.82) is 0 Å². The van der Waals surface area contributed by atoms with Gasteiger partial charge in [-0.05, 0) is 0 Å². The zero-order valence-electron chi connectivity index (χ0n) is 11.5. The van der Waals surface area contributed by atoms with Crippen LogP contribution in [0, 0.1) is 0 Å². The molecule has 0 aliphatic rings. The largest absolute Gasteiger partial charge is 0.373 e. The topological polar surface area (TPSA) is 115 Å². The summed E-state index contributed by atoms with van der Waals surface area (Å²) in [6, 6.07) is 1.78. The minimum atomic E-state index is -0.571. The highest BCUT2D eigenvalue weighted by atomic mass is 16.1. The Morgan fingerprint density at radius 3 is 2.76 bits per heavy atom. The Hall–Kier alpha value is -3.10. The number of nitrogens with two attached hydrogens (primary N) is 1. The number of aryl methyl sites for hydroxylation is 1. The molecule has 0 unspecified atom stereocenters. The van der Waals surface area contributed by atoms with Crippen LogP contribution in [-0.4, -0.2) is 37.3 Å². The van der Waals surface area contributed by atoms with E-state index in [0.29, 0.717) is 17.3 Å². The van der Waals surface area contributed by atoms with Gasteiger partial charge in [-0.2, -0.15) is 14.7 Å². The van der Waals surface area contributed by atoms with Crippen molar-refractivity contribution in [2.45, 2.75) is 0 Å². The number of carbonyl (C=O) groups excluding carboxylic acids is 1. The summed E-state index contributed by atoms with van der Waals surface area (Å²) >= 11 is 0. The van der Waals surface area contributed by atoms with Crippen molar-refractivity contribution < 1.29 is 4.79 Å². The number of rotatable bonds is 4. The Bertz CT molecular complexity index is 818. The Kier molecular flexibility index (Phi) is 2.94. The third-order valence-electron chi connectivity index (χ3n) is 2.97. The average molecular weight is 286 g/mol. The van der Waals surface area contributed by atoms with E-state index in [1.165, 1.54) is 10.7 Å². The first kappa shape index (κ1) is 12.9. The molecular formula is C12H14N8O. The summed E-state index contributed by atoms with van der Waals surface area (Å²) in [7, 11) is 3.58. The fraction of sp³-hybridized carbons (Fsp3) is 0.167. The molecule has 21 heavy (non-hydrogen) atoms. The maximum Gasteiger partial charge on any atom is 0.254 e. The van der Waals surface area contributed by atoms with E-state index < -0.39 is 5.91 Å². The number of aromatic nitrogens is 5. The lowest BCUT2D eigenvalue weighted by molar-refractivity contribution is 0.100. The molecule has 0 saturated carbocycles. The number of hydrogen-bond donors (Lipinski definition) is 3. The summed E-state index contributed by atoms with van der Waals surface area (Å²) in [4.78, 5) is 15.8. The monoisotopic (exact) mass is 286 g/mol. The molecule has 1 amide bonds. The molecule has 0 aliphatic carbocycles. The Morgan fingerprint density at radius 2 is 2.14 bits per heavy atom. The SMILES string of the molecule is CNc1cc(Nc2cnn(C)c2)nc2c(C(N)=O)cnn12. The summed E-state index contributed by atoms with van der Waals surface area (Å²) in [5, 5.41) is 14.3. The van der Waals surface area contributed by atoms with Gasteiger partial charge in [-0.15, -0.1) is 0 Å². The van der Waals surface area contributed by atoms with Gasteiger partial charge in [0.05, 0.1) is 18.1 Å². The van der Waals surface area contributed by atoms with Crippen molar-refractivity contribution in [2.24, 2.45) is 12.8 Å². The predicted octanol–water partition coefficient (Wildman–Crippen LogP) is 0.347. The summed E-state index contributed by atoms with van der Waals surface area (Å²) in [5.74, 6) is 0.667. The molecule has 0 fully saturated rings. The highest BCUT2D eigenvalue weighted by Gasteiger charge is 2.14. The molecule has 0 aromatic carbocycles. The van der Waals surface area contributed by atoms with Crippen LogP contribution < -0.4 is 16.4 Å². The van der Waals surface area contributed by atoms with Crippen LogP contribution in [0.25, 0.3) is 5.65 Å². The van der Waals surface area contributed by atoms with Crippen LogP contribution in [0.2, 0.25) is 0 Å². The molecule has 0 saturated heterocycles. The molecule has 0 aliphatic heterocycles. The summed E-state index contributed by atoms with van der Waals surface area (Å²) < 4.78 is 3.20. The average Bonchev–Trinajstić information content (AvgIpc) is 3.04. The Morgan fingerprint density at radius 1 is 1.33 bits per heavy atom. The second kappa shape index (κ2) is 4.78. The molecule has 108 valence electrons. The lowest BCUT2D eigenvalue weighted by atomic mass is 10.3. The minimum Gasteiger partial charge on any atom is -0.373 e. The fourth-order valence-corrected chi connectivity index (χ4v) is 2.01. The van der Waals surface area contributed by atoms with Gasteiger partial charge in [0.25, 0.3) is 5.91 Å². The first-order valence-corrected chi connectivity index (χ1v) is 6.20. The van der Waals surface area contributed by atoms with Crippen molar-refractivity contribution in [2.75, 3.05) is 17.7 Å².